The minimum absolute atomic E-state index is 0.0400. The molecule has 0 saturated carbocycles. The Bertz CT molecular complexity index is 747. The minimum atomic E-state index is -0.599. The van der Waals surface area contributed by atoms with E-state index >= 15 is 0 Å². The topological polar surface area (TPSA) is 99.8 Å². The zero-order chi connectivity index (χ0) is 15.3. The van der Waals surface area contributed by atoms with Crippen LogP contribution < -0.4 is 5.43 Å². The summed E-state index contributed by atoms with van der Waals surface area (Å²) in [7, 11) is 0. The second-order valence-electron chi connectivity index (χ2n) is 3.62. The van der Waals surface area contributed by atoms with E-state index in [1.54, 1.807) is 0 Å². The summed E-state index contributed by atoms with van der Waals surface area (Å²) in [6, 6.07) is 4.47. The fraction of sp³-hybridized carbons (Fsp3) is 0.231. The van der Waals surface area contributed by atoms with Crippen LogP contribution in [0.25, 0.3) is 10.9 Å². The summed E-state index contributed by atoms with van der Waals surface area (Å²) in [6.07, 6.45) is 1.40. The van der Waals surface area contributed by atoms with Gasteiger partial charge in [0.25, 0.3) is 5.69 Å². The smallest absolute Gasteiger partial charge is 0.283 e. The Labute approximate surface area is 120 Å². The Hall–Kier alpha value is -2.33. The highest BCUT2D eigenvalue weighted by Gasteiger charge is 2.15. The van der Waals surface area contributed by atoms with Gasteiger partial charge in [0.1, 0.15) is 0 Å². The summed E-state index contributed by atoms with van der Waals surface area (Å²) in [5.41, 5.74) is 0.135. The Kier molecular flexibility index (Phi) is 5.29. The number of aromatic nitrogens is 1. The first-order valence-corrected chi connectivity index (χ1v) is 6.38. The number of nitrogens with zero attached hydrogens (tertiary/aromatic N) is 2. The van der Waals surface area contributed by atoms with E-state index < -0.39 is 4.92 Å². The fourth-order valence-corrected chi connectivity index (χ4v) is 1.93. The first-order chi connectivity index (χ1) is 9.54. The average Bonchev–Trinajstić information content (AvgIpc) is 2.43. The van der Waals surface area contributed by atoms with Crippen LogP contribution >= 0.6 is 12.6 Å². The van der Waals surface area contributed by atoms with Crippen LogP contribution in [0.2, 0.25) is 0 Å². The third-order valence-corrected chi connectivity index (χ3v) is 2.88. The van der Waals surface area contributed by atoms with Gasteiger partial charge in [-0.2, -0.15) is 5.26 Å². The Morgan fingerprint density at radius 3 is 2.65 bits per heavy atom. The van der Waals surface area contributed by atoms with Crippen molar-refractivity contribution in [3.05, 3.63) is 44.2 Å². The highest BCUT2D eigenvalue weighted by molar-refractivity contribution is 7.80. The van der Waals surface area contributed by atoms with E-state index in [0.29, 0.717) is 5.52 Å². The summed E-state index contributed by atoms with van der Waals surface area (Å²) in [5.74, 6) is 0. The third-order valence-electron chi connectivity index (χ3n) is 2.52. The Morgan fingerprint density at radius 1 is 1.45 bits per heavy atom. The van der Waals surface area contributed by atoms with E-state index in [9.17, 15) is 14.9 Å². The maximum absolute atomic E-state index is 12.0. The number of nitro groups is 1. The van der Waals surface area contributed by atoms with E-state index in [0.717, 1.165) is 0 Å². The molecule has 1 N–H and O–H groups in total. The molecule has 0 atom stereocenters. The lowest BCUT2D eigenvalue weighted by molar-refractivity contribution is -0.387. The molecule has 0 saturated heterocycles. The first-order valence-electron chi connectivity index (χ1n) is 5.93. The van der Waals surface area contributed by atoms with Crippen LogP contribution in [0.1, 0.15) is 19.4 Å². The molecular weight excluding hydrogens is 278 g/mol. The van der Waals surface area contributed by atoms with Crippen molar-refractivity contribution < 1.29 is 4.92 Å². The van der Waals surface area contributed by atoms with Gasteiger partial charge in [-0.05, 0) is 6.07 Å². The maximum Gasteiger partial charge on any atom is 0.283 e. The molecule has 1 aromatic carbocycles. The number of pyridine rings is 1. The molecule has 0 fully saturated rings. The van der Waals surface area contributed by atoms with Gasteiger partial charge in [0.05, 0.1) is 33.2 Å². The molecule has 7 heteroatoms. The van der Waals surface area contributed by atoms with Crippen molar-refractivity contribution in [1.82, 2.24) is 4.98 Å². The number of fused-ring (bicyclic) bond motifs is 1. The average molecular weight is 291 g/mol. The van der Waals surface area contributed by atoms with E-state index in [1.807, 2.05) is 19.9 Å². The Balaban J connectivity index is 0.000000956. The van der Waals surface area contributed by atoms with Gasteiger partial charge in [-0.1, -0.05) is 13.8 Å². The van der Waals surface area contributed by atoms with Crippen molar-refractivity contribution >= 4 is 29.2 Å². The lowest BCUT2D eigenvalue weighted by atomic mass is 10.1. The SMILES string of the molecule is CC.N#CCc1c[nH]c2cc(S)c([N+](=O)[O-])cc2c1=O. The van der Waals surface area contributed by atoms with Gasteiger partial charge in [-0.15, -0.1) is 12.6 Å². The van der Waals surface area contributed by atoms with Crippen LogP contribution in [0.15, 0.2) is 28.0 Å². The predicted octanol–water partition coefficient (Wildman–Crippen LogP) is 2.82. The predicted molar refractivity (Wildman–Crippen MR) is 79.1 cm³/mol. The number of H-pyrrole nitrogens is 1. The Morgan fingerprint density at radius 2 is 2.10 bits per heavy atom. The molecule has 2 aromatic rings. The third kappa shape index (κ3) is 2.97. The van der Waals surface area contributed by atoms with E-state index in [2.05, 4.69) is 17.6 Å². The standard InChI is InChI=1S/C11H7N3O3S.C2H6/c12-2-1-6-5-13-8-4-10(18)9(14(16)17)3-7(8)11(6)15;1-2/h3-5,18H,1H2,(H,13,15);1-2H3. The van der Waals surface area contributed by atoms with Crippen molar-refractivity contribution in [3.63, 3.8) is 0 Å². The molecule has 0 radical (unpaired) electrons. The van der Waals surface area contributed by atoms with Gasteiger partial charge in [-0.25, -0.2) is 0 Å². The molecule has 104 valence electrons. The second-order valence-corrected chi connectivity index (χ2v) is 4.10. The largest absolute Gasteiger partial charge is 0.361 e. The molecule has 6 nitrogen and oxygen atoms in total. The van der Waals surface area contributed by atoms with Crippen molar-refractivity contribution in [3.8, 4) is 6.07 Å². The number of hydrogen-bond donors (Lipinski definition) is 2. The summed E-state index contributed by atoms with van der Waals surface area (Å²) in [5, 5.41) is 19.5. The lowest BCUT2D eigenvalue weighted by Gasteiger charge is -2.02. The fourth-order valence-electron chi connectivity index (χ4n) is 1.65. The minimum Gasteiger partial charge on any atom is -0.361 e. The van der Waals surface area contributed by atoms with E-state index in [-0.39, 0.29) is 33.4 Å². The van der Waals surface area contributed by atoms with Gasteiger partial charge in [0, 0.05) is 17.8 Å². The van der Waals surface area contributed by atoms with Gasteiger partial charge in [-0.3, -0.25) is 14.9 Å². The number of aromatic amines is 1. The molecule has 0 unspecified atom stereocenters. The van der Waals surface area contributed by atoms with Crippen molar-refractivity contribution in [2.45, 2.75) is 25.2 Å². The van der Waals surface area contributed by atoms with E-state index in [1.165, 1.54) is 18.3 Å². The molecule has 0 bridgehead atoms. The van der Waals surface area contributed by atoms with Crippen molar-refractivity contribution in [2.75, 3.05) is 0 Å². The number of nitrogens with one attached hydrogen (secondary N) is 1. The van der Waals surface area contributed by atoms with Crippen LogP contribution in [-0.2, 0) is 6.42 Å². The molecule has 0 aliphatic heterocycles. The number of hydrogen-bond acceptors (Lipinski definition) is 5. The molecule has 2 rings (SSSR count). The normalized spacial score (nSPS) is 9.50. The van der Waals surface area contributed by atoms with Gasteiger partial charge in [0.2, 0.25) is 0 Å². The lowest BCUT2D eigenvalue weighted by Crippen LogP contribution is -2.10. The number of nitro benzene ring substituents is 1. The van der Waals surface area contributed by atoms with Crippen LogP contribution in [0.5, 0.6) is 0 Å². The van der Waals surface area contributed by atoms with Crippen molar-refractivity contribution in [2.24, 2.45) is 0 Å². The van der Waals surface area contributed by atoms with Crippen LogP contribution in [-0.4, -0.2) is 9.91 Å². The van der Waals surface area contributed by atoms with Gasteiger partial charge < -0.3 is 4.98 Å². The summed E-state index contributed by atoms with van der Waals surface area (Å²) in [6.45, 7) is 4.00. The molecule has 0 spiro atoms. The summed E-state index contributed by atoms with van der Waals surface area (Å²) >= 11 is 4.00. The number of benzene rings is 1. The number of rotatable bonds is 2. The highest BCUT2D eigenvalue weighted by Crippen LogP contribution is 2.26. The summed E-state index contributed by atoms with van der Waals surface area (Å²) < 4.78 is 0. The first kappa shape index (κ1) is 15.7. The molecule has 0 amide bonds. The van der Waals surface area contributed by atoms with Crippen LogP contribution in [0.3, 0.4) is 0 Å². The molecule has 0 aliphatic carbocycles. The van der Waals surface area contributed by atoms with Crippen LogP contribution in [0, 0.1) is 21.4 Å². The van der Waals surface area contributed by atoms with E-state index in [4.69, 9.17) is 5.26 Å². The van der Waals surface area contributed by atoms with Gasteiger partial charge >= 0.3 is 0 Å². The molecule has 20 heavy (non-hydrogen) atoms. The van der Waals surface area contributed by atoms with Crippen molar-refractivity contribution in [1.29, 1.82) is 5.26 Å². The van der Waals surface area contributed by atoms with Gasteiger partial charge in [0.15, 0.2) is 5.43 Å². The quantitative estimate of drug-likeness (QED) is 0.504. The molecule has 1 aromatic heterocycles. The maximum atomic E-state index is 12.0. The summed E-state index contributed by atoms with van der Waals surface area (Å²) in [4.78, 5) is 25.2. The number of thiol groups is 1. The molecule has 1 heterocycles. The highest BCUT2D eigenvalue weighted by atomic mass is 32.1. The van der Waals surface area contributed by atoms with Crippen LogP contribution in [0.4, 0.5) is 5.69 Å². The molecule has 0 aliphatic rings. The zero-order valence-corrected chi connectivity index (χ0v) is 11.9. The number of nitriles is 1. The monoisotopic (exact) mass is 291 g/mol. The second kappa shape index (κ2) is 6.73. The zero-order valence-electron chi connectivity index (χ0n) is 11.0. The molecular formula is C13H13N3O3S.